The van der Waals surface area contributed by atoms with Crippen molar-refractivity contribution in [2.45, 2.75) is 26.0 Å². The summed E-state index contributed by atoms with van der Waals surface area (Å²) >= 11 is 0. The monoisotopic (exact) mass is 317 g/mol. The molecule has 2 heterocycles. The molecule has 3 rings (SSSR count). The number of methoxy groups -OCH3 is 1. The van der Waals surface area contributed by atoms with Crippen LogP contribution < -0.4 is 10.5 Å². The van der Waals surface area contributed by atoms with E-state index >= 15 is 0 Å². The van der Waals surface area contributed by atoms with Crippen LogP contribution in [0, 0.1) is 5.82 Å². The fourth-order valence-corrected chi connectivity index (χ4v) is 2.84. The minimum atomic E-state index is -0.283. The van der Waals surface area contributed by atoms with E-state index in [4.69, 9.17) is 4.74 Å². The Morgan fingerprint density at radius 1 is 1.22 bits per heavy atom. The van der Waals surface area contributed by atoms with Crippen LogP contribution in [0.3, 0.4) is 0 Å². The first kappa shape index (κ1) is 15.7. The number of nitrogens with zero attached hydrogens (tertiary/aromatic N) is 3. The molecule has 1 fully saturated rings. The lowest BCUT2D eigenvalue weighted by molar-refractivity contribution is 0.181. The molecule has 1 aromatic heterocycles. The van der Waals surface area contributed by atoms with E-state index in [9.17, 15) is 9.18 Å². The molecule has 0 aliphatic carbocycles. The van der Waals surface area contributed by atoms with Crippen molar-refractivity contribution in [1.82, 2.24) is 9.55 Å². The van der Waals surface area contributed by atoms with E-state index in [2.05, 4.69) is 9.88 Å². The Labute approximate surface area is 134 Å². The van der Waals surface area contributed by atoms with Crippen molar-refractivity contribution in [3.8, 4) is 0 Å². The molecule has 0 radical (unpaired) electrons. The molecule has 0 unspecified atom stereocenters. The maximum absolute atomic E-state index is 13.1. The van der Waals surface area contributed by atoms with Gasteiger partial charge in [-0.25, -0.2) is 9.37 Å². The summed E-state index contributed by atoms with van der Waals surface area (Å²) in [6, 6.07) is 7.70. The van der Waals surface area contributed by atoms with Gasteiger partial charge in [-0.05, 0) is 30.5 Å². The summed E-state index contributed by atoms with van der Waals surface area (Å²) < 4.78 is 19.8. The summed E-state index contributed by atoms with van der Waals surface area (Å²) in [7, 11) is 1.58. The molecule has 0 N–H and O–H groups in total. The predicted molar refractivity (Wildman–Crippen MR) is 86.2 cm³/mol. The molecule has 122 valence electrons. The van der Waals surface area contributed by atoms with E-state index in [0.29, 0.717) is 24.8 Å². The lowest BCUT2D eigenvalue weighted by Gasteiger charge is -2.22. The van der Waals surface area contributed by atoms with Gasteiger partial charge in [-0.3, -0.25) is 9.36 Å². The fraction of sp³-hybridized carbons (Fsp3) is 0.412. The molecule has 5 nitrogen and oxygen atoms in total. The maximum Gasteiger partial charge on any atom is 0.255 e. The first-order valence-corrected chi connectivity index (χ1v) is 7.76. The van der Waals surface area contributed by atoms with Gasteiger partial charge in [-0.15, -0.1) is 0 Å². The van der Waals surface area contributed by atoms with E-state index < -0.39 is 0 Å². The van der Waals surface area contributed by atoms with Gasteiger partial charge in [-0.2, -0.15) is 0 Å². The summed E-state index contributed by atoms with van der Waals surface area (Å²) in [4.78, 5) is 19.3. The van der Waals surface area contributed by atoms with Crippen molar-refractivity contribution in [3.05, 3.63) is 57.8 Å². The molecular weight excluding hydrogens is 297 g/mol. The van der Waals surface area contributed by atoms with Crippen LogP contribution in [-0.4, -0.2) is 29.8 Å². The minimum Gasteiger partial charge on any atom is -0.378 e. The molecule has 2 aromatic rings. The van der Waals surface area contributed by atoms with Crippen LogP contribution >= 0.6 is 0 Å². The highest BCUT2D eigenvalue weighted by Gasteiger charge is 2.19. The normalized spacial score (nSPS) is 14.4. The first-order chi connectivity index (χ1) is 11.2. The Morgan fingerprint density at radius 2 is 1.91 bits per heavy atom. The highest BCUT2D eigenvalue weighted by atomic mass is 19.1. The van der Waals surface area contributed by atoms with Crippen molar-refractivity contribution in [2.75, 3.05) is 25.1 Å². The van der Waals surface area contributed by atoms with Gasteiger partial charge in [0.2, 0.25) is 5.95 Å². The smallest absolute Gasteiger partial charge is 0.255 e. The highest BCUT2D eigenvalue weighted by Crippen LogP contribution is 2.18. The predicted octanol–water partition coefficient (Wildman–Crippen LogP) is 2.18. The molecule has 0 atom stereocenters. The van der Waals surface area contributed by atoms with Gasteiger partial charge < -0.3 is 9.64 Å². The van der Waals surface area contributed by atoms with Gasteiger partial charge in [0.1, 0.15) is 5.82 Å². The molecule has 23 heavy (non-hydrogen) atoms. The Kier molecular flexibility index (Phi) is 4.71. The third-order valence-corrected chi connectivity index (χ3v) is 3.98. The topological polar surface area (TPSA) is 47.4 Å². The number of rotatable bonds is 5. The van der Waals surface area contributed by atoms with Crippen LogP contribution in [0.4, 0.5) is 10.3 Å². The number of ether oxygens (including phenoxy) is 1. The number of aromatic nitrogens is 2. The lowest BCUT2D eigenvalue weighted by atomic mass is 10.2. The molecule has 0 amide bonds. The van der Waals surface area contributed by atoms with Gasteiger partial charge in [0, 0.05) is 26.3 Å². The Bertz CT molecular complexity index is 722. The van der Waals surface area contributed by atoms with Gasteiger partial charge >= 0.3 is 0 Å². The van der Waals surface area contributed by atoms with Crippen LogP contribution in [-0.2, 0) is 17.9 Å². The van der Waals surface area contributed by atoms with Crippen molar-refractivity contribution < 1.29 is 9.13 Å². The quantitative estimate of drug-likeness (QED) is 0.848. The van der Waals surface area contributed by atoms with Gasteiger partial charge in [0.05, 0.1) is 18.8 Å². The molecule has 1 aromatic carbocycles. The molecule has 1 aliphatic rings. The second kappa shape index (κ2) is 6.91. The number of benzene rings is 1. The van der Waals surface area contributed by atoms with Gasteiger partial charge in [-0.1, -0.05) is 12.1 Å². The number of hydrogen-bond donors (Lipinski definition) is 0. The van der Waals surface area contributed by atoms with Crippen molar-refractivity contribution >= 4 is 5.95 Å². The summed E-state index contributed by atoms with van der Waals surface area (Å²) in [5.74, 6) is 0.390. The molecule has 6 heteroatoms. The van der Waals surface area contributed by atoms with Gasteiger partial charge in [0.15, 0.2) is 0 Å². The van der Waals surface area contributed by atoms with Crippen LogP contribution in [0.25, 0.3) is 0 Å². The van der Waals surface area contributed by atoms with Gasteiger partial charge in [0.25, 0.3) is 5.56 Å². The average molecular weight is 317 g/mol. The van der Waals surface area contributed by atoms with E-state index in [1.807, 2.05) is 0 Å². The SMILES string of the molecule is COCc1cc(=O)n(Cc2ccc(F)cc2)c(N2CCCC2)n1. The summed E-state index contributed by atoms with van der Waals surface area (Å²) in [6.45, 7) is 2.48. The molecule has 0 bridgehead atoms. The third kappa shape index (κ3) is 3.59. The first-order valence-electron chi connectivity index (χ1n) is 7.76. The Morgan fingerprint density at radius 3 is 2.57 bits per heavy atom. The van der Waals surface area contributed by atoms with Crippen LogP contribution in [0.2, 0.25) is 0 Å². The summed E-state index contributed by atoms with van der Waals surface area (Å²) in [6.07, 6.45) is 2.20. The maximum atomic E-state index is 13.1. The summed E-state index contributed by atoms with van der Waals surface area (Å²) in [5.41, 5.74) is 1.39. The van der Waals surface area contributed by atoms with E-state index in [1.54, 1.807) is 23.8 Å². The second-order valence-corrected chi connectivity index (χ2v) is 5.73. The van der Waals surface area contributed by atoms with E-state index in [1.165, 1.54) is 18.2 Å². The number of anilines is 1. The Hall–Kier alpha value is -2.21. The fourth-order valence-electron chi connectivity index (χ4n) is 2.84. The average Bonchev–Trinajstić information content (AvgIpc) is 3.06. The minimum absolute atomic E-state index is 0.113. The number of hydrogen-bond acceptors (Lipinski definition) is 4. The molecule has 1 saturated heterocycles. The van der Waals surface area contributed by atoms with E-state index in [0.717, 1.165) is 31.5 Å². The van der Waals surface area contributed by atoms with Crippen molar-refractivity contribution in [2.24, 2.45) is 0 Å². The largest absolute Gasteiger partial charge is 0.378 e. The van der Waals surface area contributed by atoms with E-state index in [-0.39, 0.29) is 11.4 Å². The lowest BCUT2D eigenvalue weighted by Crippen LogP contribution is -2.32. The molecular formula is C17H20FN3O2. The van der Waals surface area contributed by atoms with Crippen LogP contribution in [0.5, 0.6) is 0 Å². The molecule has 0 spiro atoms. The van der Waals surface area contributed by atoms with Crippen molar-refractivity contribution in [1.29, 1.82) is 0 Å². The second-order valence-electron chi connectivity index (χ2n) is 5.73. The Balaban J connectivity index is 1.99. The highest BCUT2D eigenvalue weighted by molar-refractivity contribution is 5.35. The zero-order valence-corrected chi connectivity index (χ0v) is 13.2. The summed E-state index contributed by atoms with van der Waals surface area (Å²) in [5, 5.41) is 0. The third-order valence-electron chi connectivity index (χ3n) is 3.98. The van der Waals surface area contributed by atoms with Crippen LogP contribution in [0.1, 0.15) is 24.1 Å². The standard InChI is InChI=1S/C17H20FN3O2/c1-23-12-15-10-16(22)21(11-13-4-6-14(18)7-5-13)17(19-15)20-8-2-3-9-20/h4-7,10H,2-3,8-9,11-12H2,1H3. The number of halogens is 1. The van der Waals surface area contributed by atoms with Crippen molar-refractivity contribution in [3.63, 3.8) is 0 Å². The molecule has 1 aliphatic heterocycles. The molecule has 0 saturated carbocycles. The van der Waals surface area contributed by atoms with Crippen LogP contribution in [0.15, 0.2) is 35.1 Å². The zero-order valence-electron chi connectivity index (χ0n) is 13.2. The zero-order chi connectivity index (χ0) is 16.2.